The number of hydrogen-bond donors (Lipinski definition) is 2. The van der Waals surface area contributed by atoms with Crippen LogP contribution in [-0.4, -0.2) is 43.8 Å². The Bertz CT molecular complexity index is 618. The van der Waals surface area contributed by atoms with Gasteiger partial charge in [0.25, 0.3) is 10.0 Å². The van der Waals surface area contributed by atoms with Crippen molar-refractivity contribution in [2.45, 2.75) is 43.0 Å². The molecule has 1 aromatic rings. The fraction of sp³-hybridized carbons (Fsp3) is 0.615. The Hall–Kier alpha value is -0.670. The average molecular weight is 368 g/mol. The second-order valence-corrected chi connectivity index (χ2v) is 8.69. The summed E-state index contributed by atoms with van der Waals surface area (Å²) in [5.74, 6) is -0.262. The van der Waals surface area contributed by atoms with Gasteiger partial charge >= 0.3 is 0 Å². The average Bonchev–Trinajstić information content (AvgIpc) is 3.07. The predicted molar refractivity (Wildman–Crippen MR) is 89.9 cm³/mol. The first-order valence-electron chi connectivity index (χ1n) is 6.95. The van der Waals surface area contributed by atoms with Gasteiger partial charge in [-0.05, 0) is 38.8 Å². The molecule has 1 fully saturated rings. The van der Waals surface area contributed by atoms with Gasteiger partial charge < -0.3 is 11.1 Å². The molecule has 22 heavy (non-hydrogen) atoms. The zero-order valence-electron chi connectivity index (χ0n) is 12.6. The summed E-state index contributed by atoms with van der Waals surface area (Å²) in [6.45, 7) is 4.37. The van der Waals surface area contributed by atoms with Gasteiger partial charge in [0.1, 0.15) is 10.3 Å². The molecular formula is C13H22ClN3O3S2. The van der Waals surface area contributed by atoms with Crippen LogP contribution in [0.15, 0.2) is 16.3 Å². The van der Waals surface area contributed by atoms with Crippen molar-refractivity contribution in [2.24, 2.45) is 5.73 Å². The van der Waals surface area contributed by atoms with Crippen LogP contribution in [0.1, 0.15) is 24.6 Å². The standard InChI is InChI=1S/C13H21N3O3S2.ClH/c1-9(8-14)15-13(17)11-4-3-7-16(11)21(18,19)12-6-5-10(2)20-12;/h5-6,9,11H,3-4,7-8,14H2,1-2H3,(H,15,17);1H/t9-,11?;/m0./s1. The molecule has 2 rings (SSSR count). The lowest BCUT2D eigenvalue weighted by atomic mass is 10.2. The van der Waals surface area contributed by atoms with E-state index in [2.05, 4.69) is 5.32 Å². The van der Waals surface area contributed by atoms with Crippen LogP contribution < -0.4 is 11.1 Å². The highest BCUT2D eigenvalue weighted by Crippen LogP contribution is 2.30. The molecule has 2 atom stereocenters. The monoisotopic (exact) mass is 367 g/mol. The van der Waals surface area contributed by atoms with Crippen LogP contribution in [0.3, 0.4) is 0 Å². The fourth-order valence-corrected chi connectivity index (χ4v) is 5.42. The molecule has 2 heterocycles. The molecule has 0 aromatic carbocycles. The summed E-state index contributed by atoms with van der Waals surface area (Å²) in [7, 11) is -3.59. The molecule has 0 saturated carbocycles. The van der Waals surface area contributed by atoms with E-state index in [1.54, 1.807) is 19.1 Å². The number of amides is 1. The van der Waals surface area contributed by atoms with E-state index >= 15 is 0 Å². The molecule has 0 aliphatic carbocycles. The topological polar surface area (TPSA) is 92.5 Å². The van der Waals surface area contributed by atoms with E-state index < -0.39 is 16.1 Å². The number of sulfonamides is 1. The number of halogens is 1. The van der Waals surface area contributed by atoms with E-state index in [9.17, 15) is 13.2 Å². The van der Waals surface area contributed by atoms with Crippen molar-refractivity contribution in [3.05, 3.63) is 17.0 Å². The van der Waals surface area contributed by atoms with Gasteiger partial charge in [-0.3, -0.25) is 4.79 Å². The molecule has 1 amide bonds. The van der Waals surface area contributed by atoms with Crippen LogP contribution in [0.25, 0.3) is 0 Å². The highest BCUT2D eigenvalue weighted by Gasteiger charge is 2.40. The number of carbonyl (C=O) groups excluding carboxylic acids is 1. The molecular weight excluding hydrogens is 346 g/mol. The van der Waals surface area contributed by atoms with Crippen molar-refractivity contribution in [3.8, 4) is 0 Å². The zero-order valence-corrected chi connectivity index (χ0v) is 15.1. The van der Waals surface area contributed by atoms with Crippen molar-refractivity contribution in [2.75, 3.05) is 13.1 Å². The molecule has 1 aliphatic heterocycles. The number of nitrogens with zero attached hydrogens (tertiary/aromatic N) is 1. The number of hydrogen-bond acceptors (Lipinski definition) is 5. The largest absolute Gasteiger partial charge is 0.351 e. The van der Waals surface area contributed by atoms with Crippen LogP contribution in [0.4, 0.5) is 0 Å². The summed E-state index contributed by atoms with van der Waals surface area (Å²) in [5.41, 5.74) is 5.49. The Morgan fingerprint density at radius 1 is 1.55 bits per heavy atom. The summed E-state index contributed by atoms with van der Waals surface area (Å²) < 4.78 is 26.9. The Morgan fingerprint density at radius 2 is 2.23 bits per heavy atom. The van der Waals surface area contributed by atoms with Crippen molar-refractivity contribution < 1.29 is 13.2 Å². The van der Waals surface area contributed by atoms with Gasteiger partial charge in [-0.15, -0.1) is 23.7 Å². The number of carbonyl (C=O) groups is 1. The van der Waals surface area contributed by atoms with Crippen molar-refractivity contribution in [1.82, 2.24) is 9.62 Å². The van der Waals surface area contributed by atoms with E-state index in [1.807, 2.05) is 6.92 Å². The molecule has 1 saturated heterocycles. The molecule has 1 unspecified atom stereocenters. The fourth-order valence-electron chi connectivity index (χ4n) is 2.35. The Kier molecular flexibility index (Phi) is 6.82. The molecule has 0 radical (unpaired) electrons. The smallest absolute Gasteiger partial charge is 0.253 e. The summed E-state index contributed by atoms with van der Waals surface area (Å²) in [6.07, 6.45) is 1.24. The second kappa shape index (κ2) is 7.74. The van der Waals surface area contributed by atoms with Crippen LogP contribution in [0.5, 0.6) is 0 Å². The third-order valence-corrected chi connectivity index (χ3v) is 6.90. The van der Waals surface area contributed by atoms with E-state index in [0.717, 1.165) is 4.88 Å². The van der Waals surface area contributed by atoms with Crippen LogP contribution in [-0.2, 0) is 14.8 Å². The van der Waals surface area contributed by atoms with Gasteiger partial charge in [0, 0.05) is 24.0 Å². The van der Waals surface area contributed by atoms with E-state index in [4.69, 9.17) is 5.73 Å². The zero-order chi connectivity index (χ0) is 15.6. The van der Waals surface area contributed by atoms with Gasteiger partial charge in [0.05, 0.1) is 0 Å². The Balaban J connectivity index is 0.00000242. The van der Waals surface area contributed by atoms with Crippen LogP contribution >= 0.6 is 23.7 Å². The van der Waals surface area contributed by atoms with Gasteiger partial charge in [-0.1, -0.05) is 0 Å². The first-order valence-corrected chi connectivity index (χ1v) is 9.20. The maximum atomic E-state index is 12.6. The van der Waals surface area contributed by atoms with Crippen LogP contribution in [0, 0.1) is 6.92 Å². The van der Waals surface area contributed by atoms with Gasteiger partial charge in [0.15, 0.2) is 0 Å². The van der Waals surface area contributed by atoms with E-state index in [-0.39, 0.29) is 24.4 Å². The third-order valence-electron chi connectivity index (χ3n) is 3.53. The highest BCUT2D eigenvalue weighted by molar-refractivity contribution is 7.91. The minimum Gasteiger partial charge on any atom is -0.351 e. The number of nitrogens with two attached hydrogens (primary N) is 1. The number of rotatable bonds is 5. The first-order chi connectivity index (χ1) is 9.86. The molecule has 6 nitrogen and oxygen atoms in total. The van der Waals surface area contributed by atoms with Gasteiger partial charge in [-0.25, -0.2) is 8.42 Å². The van der Waals surface area contributed by atoms with Crippen molar-refractivity contribution in [1.29, 1.82) is 0 Å². The quantitative estimate of drug-likeness (QED) is 0.814. The Labute approximate surface area is 141 Å². The summed E-state index contributed by atoms with van der Waals surface area (Å²) in [5, 5.41) is 2.76. The van der Waals surface area contributed by atoms with Gasteiger partial charge in [0.2, 0.25) is 5.91 Å². The van der Waals surface area contributed by atoms with Crippen LogP contribution in [0.2, 0.25) is 0 Å². The van der Waals surface area contributed by atoms with Crippen molar-refractivity contribution in [3.63, 3.8) is 0 Å². The third kappa shape index (κ3) is 3.99. The summed E-state index contributed by atoms with van der Waals surface area (Å²) in [4.78, 5) is 13.2. The van der Waals surface area contributed by atoms with Gasteiger partial charge in [-0.2, -0.15) is 4.31 Å². The molecule has 0 bridgehead atoms. The lowest BCUT2D eigenvalue weighted by Crippen LogP contribution is -2.49. The van der Waals surface area contributed by atoms with E-state index in [0.29, 0.717) is 30.1 Å². The SMILES string of the molecule is Cc1ccc(S(=O)(=O)N2CCCC2C(=O)N[C@@H](C)CN)s1.Cl. The Morgan fingerprint density at radius 3 is 2.77 bits per heavy atom. The lowest BCUT2D eigenvalue weighted by molar-refractivity contribution is -0.124. The first kappa shape index (κ1) is 19.4. The number of aryl methyl sites for hydroxylation is 1. The minimum atomic E-state index is -3.59. The number of nitrogens with one attached hydrogen (secondary N) is 1. The summed E-state index contributed by atoms with van der Waals surface area (Å²) >= 11 is 1.23. The molecule has 0 spiro atoms. The molecule has 9 heteroatoms. The molecule has 1 aromatic heterocycles. The lowest BCUT2D eigenvalue weighted by Gasteiger charge is -2.24. The highest BCUT2D eigenvalue weighted by atomic mass is 35.5. The minimum absolute atomic E-state index is 0. The van der Waals surface area contributed by atoms with Crippen molar-refractivity contribution >= 4 is 39.7 Å². The summed E-state index contributed by atoms with van der Waals surface area (Å²) in [6, 6.07) is 2.59. The second-order valence-electron chi connectivity index (χ2n) is 5.28. The number of thiophene rings is 1. The maximum absolute atomic E-state index is 12.6. The normalized spacial score (nSPS) is 20.4. The van der Waals surface area contributed by atoms with E-state index in [1.165, 1.54) is 15.6 Å². The maximum Gasteiger partial charge on any atom is 0.253 e. The predicted octanol–water partition coefficient (Wildman–Crippen LogP) is 1.09. The molecule has 1 aliphatic rings. The molecule has 126 valence electrons. The molecule has 3 N–H and O–H groups in total.